The van der Waals surface area contributed by atoms with Gasteiger partial charge >= 0.3 is 0 Å². The first-order valence-electron chi connectivity index (χ1n) is 7.74. The molecule has 1 heterocycles. The highest BCUT2D eigenvalue weighted by Crippen LogP contribution is 2.14. The molecule has 1 aromatic carbocycles. The van der Waals surface area contributed by atoms with Crippen LogP contribution < -0.4 is 0 Å². The molecular weight excluding hydrogens is 232 g/mol. The molecule has 1 saturated heterocycles. The van der Waals surface area contributed by atoms with Crippen LogP contribution in [0.25, 0.3) is 0 Å². The maximum absolute atomic E-state index is 2.67. The predicted octanol–water partition coefficient (Wildman–Crippen LogP) is 3.30. The van der Waals surface area contributed by atoms with Crippen molar-refractivity contribution in [2.45, 2.75) is 46.2 Å². The highest BCUT2D eigenvalue weighted by molar-refractivity contribution is 5.21. The van der Waals surface area contributed by atoms with Crippen LogP contribution in [0.5, 0.6) is 0 Å². The molecule has 0 radical (unpaired) electrons. The van der Waals surface area contributed by atoms with Gasteiger partial charge in [-0.2, -0.15) is 0 Å². The molecule has 1 aromatic rings. The normalized spacial score (nSPS) is 18.1. The smallest absolute Gasteiger partial charge is 0.0234 e. The van der Waals surface area contributed by atoms with Crippen LogP contribution in [0, 0.1) is 6.92 Å². The van der Waals surface area contributed by atoms with Crippen LogP contribution in [-0.4, -0.2) is 42.0 Å². The molecule has 0 aliphatic carbocycles. The molecule has 2 heteroatoms. The van der Waals surface area contributed by atoms with Crippen LogP contribution in [0.4, 0.5) is 0 Å². The van der Waals surface area contributed by atoms with Crippen LogP contribution in [-0.2, 0) is 6.54 Å². The lowest BCUT2D eigenvalue weighted by Gasteiger charge is -2.38. The Morgan fingerprint density at radius 3 is 2.05 bits per heavy atom. The summed E-state index contributed by atoms with van der Waals surface area (Å²) in [4.78, 5) is 5.26. The van der Waals surface area contributed by atoms with Gasteiger partial charge in [0, 0.05) is 38.8 Å². The summed E-state index contributed by atoms with van der Waals surface area (Å²) in [5, 5.41) is 0. The molecule has 2 rings (SSSR count). The van der Waals surface area contributed by atoms with Crippen LogP contribution in [0.1, 0.15) is 37.8 Å². The van der Waals surface area contributed by atoms with Crippen molar-refractivity contribution in [1.29, 1.82) is 0 Å². The second-order valence-corrected chi connectivity index (χ2v) is 5.77. The first kappa shape index (κ1) is 14.5. The Kier molecular flexibility index (Phi) is 5.41. The van der Waals surface area contributed by atoms with Crippen LogP contribution in [0.2, 0.25) is 0 Å². The third kappa shape index (κ3) is 4.05. The molecule has 106 valence electrons. The lowest BCUT2D eigenvalue weighted by molar-refractivity contribution is 0.0881. The average molecular weight is 260 g/mol. The number of hydrogen-bond donors (Lipinski definition) is 0. The zero-order valence-corrected chi connectivity index (χ0v) is 12.7. The molecule has 2 nitrogen and oxygen atoms in total. The zero-order chi connectivity index (χ0) is 13.7. The Morgan fingerprint density at radius 2 is 1.53 bits per heavy atom. The highest BCUT2D eigenvalue weighted by atomic mass is 15.3. The lowest BCUT2D eigenvalue weighted by Crippen LogP contribution is -2.49. The van der Waals surface area contributed by atoms with Gasteiger partial charge in [0.05, 0.1) is 0 Å². The second-order valence-electron chi connectivity index (χ2n) is 5.77. The van der Waals surface area contributed by atoms with Crippen molar-refractivity contribution >= 4 is 0 Å². The van der Waals surface area contributed by atoms with Crippen molar-refractivity contribution in [1.82, 2.24) is 9.80 Å². The number of piperazine rings is 1. The minimum absolute atomic E-state index is 0.793. The van der Waals surface area contributed by atoms with E-state index in [-0.39, 0.29) is 0 Å². The molecule has 0 N–H and O–H groups in total. The van der Waals surface area contributed by atoms with Crippen LogP contribution in [0.3, 0.4) is 0 Å². The molecule has 19 heavy (non-hydrogen) atoms. The highest BCUT2D eigenvalue weighted by Gasteiger charge is 2.21. The summed E-state index contributed by atoms with van der Waals surface area (Å²) in [5.74, 6) is 0. The molecule has 1 fully saturated rings. The summed E-state index contributed by atoms with van der Waals surface area (Å²) >= 11 is 0. The van der Waals surface area contributed by atoms with Gasteiger partial charge in [0.25, 0.3) is 0 Å². The number of aryl methyl sites for hydroxylation is 1. The van der Waals surface area contributed by atoms with Crippen molar-refractivity contribution in [3.8, 4) is 0 Å². The molecule has 0 unspecified atom stereocenters. The Hall–Kier alpha value is -0.860. The number of hydrogen-bond acceptors (Lipinski definition) is 2. The molecular formula is C17H28N2. The van der Waals surface area contributed by atoms with E-state index in [0.717, 1.165) is 12.6 Å². The van der Waals surface area contributed by atoms with Gasteiger partial charge in [-0.1, -0.05) is 43.7 Å². The maximum atomic E-state index is 2.67. The van der Waals surface area contributed by atoms with Gasteiger partial charge in [0.2, 0.25) is 0 Å². The first-order valence-corrected chi connectivity index (χ1v) is 7.74. The number of benzene rings is 1. The Morgan fingerprint density at radius 1 is 0.947 bits per heavy atom. The summed E-state index contributed by atoms with van der Waals surface area (Å²) < 4.78 is 0. The van der Waals surface area contributed by atoms with Gasteiger partial charge in [-0.05, 0) is 25.3 Å². The van der Waals surface area contributed by atoms with E-state index in [1.54, 1.807) is 0 Å². The summed E-state index contributed by atoms with van der Waals surface area (Å²) in [6.07, 6.45) is 2.57. The van der Waals surface area contributed by atoms with Gasteiger partial charge < -0.3 is 0 Å². The molecule has 0 spiro atoms. The van der Waals surface area contributed by atoms with Gasteiger partial charge in [0.1, 0.15) is 0 Å². The Bertz CT molecular complexity index is 359. The summed E-state index contributed by atoms with van der Waals surface area (Å²) in [6.45, 7) is 12.8. The molecule has 0 aromatic heterocycles. The number of rotatable bonds is 5. The molecule has 0 bridgehead atoms. The molecule has 1 aliphatic rings. The van der Waals surface area contributed by atoms with Gasteiger partial charge in [-0.15, -0.1) is 0 Å². The van der Waals surface area contributed by atoms with Crippen molar-refractivity contribution in [2.24, 2.45) is 0 Å². The van der Waals surface area contributed by atoms with Crippen molar-refractivity contribution in [3.05, 3.63) is 35.4 Å². The van der Waals surface area contributed by atoms with E-state index in [2.05, 4.69) is 54.8 Å². The summed E-state index contributed by atoms with van der Waals surface area (Å²) in [7, 11) is 0. The SMILES string of the molecule is CCC(CC)N1CCN(Cc2ccc(C)cc2)CC1. The molecule has 0 saturated carbocycles. The maximum Gasteiger partial charge on any atom is 0.0234 e. The van der Waals surface area contributed by atoms with E-state index in [1.165, 1.54) is 50.1 Å². The van der Waals surface area contributed by atoms with Gasteiger partial charge in [-0.3, -0.25) is 9.80 Å². The Labute approximate surface area is 118 Å². The standard InChI is InChI=1S/C17H28N2/c1-4-17(5-2)19-12-10-18(11-13-19)14-16-8-6-15(3)7-9-16/h6-9,17H,4-5,10-14H2,1-3H3. The van der Waals surface area contributed by atoms with E-state index >= 15 is 0 Å². The Balaban J connectivity index is 1.81. The van der Waals surface area contributed by atoms with Gasteiger partial charge in [0.15, 0.2) is 0 Å². The first-order chi connectivity index (χ1) is 9.22. The fourth-order valence-electron chi connectivity index (χ4n) is 3.04. The minimum Gasteiger partial charge on any atom is -0.298 e. The predicted molar refractivity (Wildman–Crippen MR) is 82.4 cm³/mol. The third-order valence-electron chi connectivity index (χ3n) is 4.39. The summed E-state index contributed by atoms with van der Waals surface area (Å²) in [5.41, 5.74) is 2.80. The second kappa shape index (κ2) is 7.06. The van der Waals surface area contributed by atoms with E-state index in [9.17, 15) is 0 Å². The van der Waals surface area contributed by atoms with E-state index in [4.69, 9.17) is 0 Å². The van der Waals surface area contributed by atoms with Crippen LogP contribution >= 0.6 is 0 Å². The fraction of sp³-hybridized carbons (Fsp3) is 0.647. The quantitative estimate of drug-likeness (QED) is 0.801. The van der Waals surface area contributed by atoms with Crippen molar-refractivity contribution in [2.75, 3.05) is 26.2 Å². The largest absolute Gasteiger partial charge is 0.298 e. The van der Waals surface area contributed by atoms with Crippen molar-refractivity contribution in [3.63, 3.8) is 0 Å². The zero-order valence-electron chi connectivity index (χ0n) is 12.7. The van der Waals surface area contributed by atoms with E-state index < -0.39 is 0 Å². The third-order valence-corrected chi connectivity index (χ3v) is 4.39. The van der Waals surface area contributed by atoms with Crippen LogP contribution in [0.15, 0.2) is 24.3 Å². The average Bonchev–Trinajstić information content (AvgIpc) is 2.44. The summed E-state index contributed by atoms with van der Waals surface area (Å²) in [6, 6.07) is 9.76. The van der Waals surface area contributed by atoms with E-state index in [0.29, 0.717) is 0 Å². The topological polar surface area (TPSA) is 6.48 Å². The molecule has 1 aliphatic heterocycles. The van der Waals surface area contributed by atoms with Gasteiger partial charge in [-0.25, -0.2) is 0 Å². The fourth-order valence-corrected chi connectivity index (χ4v) is 3.04. The monoisotopic (exact) mass is 260 g/mol. The van der Waals surface area contributed by atoms with E-state index in [1.807, 2.05) is 0 Å². The molecule has 0 amide bonds. The lowest BCUT2D eigenvalue weighted by atomic mass is 10.1. The van der Waals surface area contributed by atoms with Crippen molar-refractivity contribution < 1.29 is 0 Å². The number of nitrogens with zero attached hydrogens (tertiary/aromatic N) is 2. The minimum atomic E-state index is 0.793. The molecule has 0 atom stereocenters.